The number of aromatic nitrogens is 2. The number of hydrogen-bond donors (Lipinski definition) is 0. The van der Waals surface area contributed by atoms with Gasteiger partial charge >= 0.3 is 155 Å². The fraction of sp³-hybridized carbons (Fsp3) is 0.0870. The van der Waals surface area contributed by atoms with Crippen LogP contribution in [0.25, 0.3) is 0 Å². The molecule has 0 spiro atoms. The Kier molecular flexibility index (Phi) is 6.11. The molecule has 0 fully saturated rings. The predicted octanol–water partition coefficient (Wildman–Crippen LogP) is 4.07. The maximum absolute atomic E-state index is 4.67. The van der Waals surface area contributed by atoms with Gasteiger partial charge in [-0.3, -0.25) is 0 Å². The van der Waals surface area contributed by atoms with Crippen molar-refractivity contribution >= 4 is 35.6 Å². The average molecular weight is 395 g/mol. The minimum absolute atomic E-state index is 0. The van der Waals surface area contributed by atoms with E-state index in [0.717, 1.165) is 11.9 Å². The molecule has 3 aromatic carbocycles. The molecule has 4 rings (SSSR count). The fourth-order valence-corrected chi connectivity index (χ4v) is 8.43. The van der Waals surface area contributed by atoms with Crippen LogP contribution in [0.5, 0.6) is 0 Å². The minimum atomic E-state index is -2.23. The third kappa shape index (κ3) is 3.83. The van der Waals surface area contributed by atoms with Crippen molar-refractivity contribution < 1.29 is 0 Å². The summed E-state index contributed by atoms with van der Waals surface area (Å²) in [5.74, 6) is 0. The number of imidazole rings is 1. The van der Waals surface area contributed by atoms with E-state index in [0.29, 0.717) is 0 Å². The van der Waals surface area contributed by atoms with E-state index in [9.17, 15) is 0 Å². The van der Waals surface area contributed by atoms with Crippen LogP contribution < -0.4 is 15.9 Å². The molecule has 138 valence electrons. The predicted molar refractivity (Wildman–Crippen MR) is 121 cm³/mol. The molecule has 0 atom stereocenters. The second kappa shape index (κ2) is 8.52. The first-order chi connectivity index (χ1) is 12.8. The summed E-state index contributed by atoms with van der Waals surface area (Å²) in [6.07, 6.45) is 5.00. The summed E-state index contributed by atoms with van der Waals surface area (Å²) in [7, 11) is -0.192. The molecular weight excluding hydrogens is 371 g/mol. The van der Waals surface area contributed by atoms with Crippen LogP contribution in [-0.4, -0.2) is 9.55 Å². The van der Waals surface area contributed by atoms with Gasteiger partial charge < -0.3 is 0 Å². The van der Waals surface area contributed by atoms with Gasteiger partial charge in [0.25, 0.3) is 0 Å². The van der Waals surface area contributed by atoms with Crippen molar-refractivity contribution in [3.63, 3.8) is 0 Å². The molecule has 2 nitrogen and oxygen atoms in total. The van der Waals surface area contributed by atoms with Gasteiger partial charge in [-0.1, -0.05) is 0 Å². The summed E-state index contributed by atoms with van der Waals surface area (Å²) < 4.78 is 2.04. The molecule has 0 saturated carbocycles. The molecule has 1 aromatic heterocycles. The van der Waals surface area contributed by atoms with Gasteiger partial charge in [0.05, 0.1) is 0 Å². The third-order valence-electron chi connectivity index (χ3n) is 5.00. The van der Waals surface area contributed by atoms with E-state index in [1.807, 2.05) is 17.9 Å². The standard InChI is InChI=1S/C23H23N2P.ClH/c1-25-17-20(24-19-25)18-26(21-11-5-2-6-12-21,22-13-7-3-8-14-22)23-15-9-4-10-16-23;/h2-17,19,26H,18H2,1H3;1H. The van der Waals surface area contributed by atoms with Crippen molar-refractivity contribution in [2.24, 2.45) is 7.05 Å². The SMILES string of the molecule is Cl.Cn1cnc(C[PH](c2ccccc2)(c2ccccc2)c2ccccc2)c1. The van der Waals surface area contributed by atoms with Gasteiger partial charge in [0.1, 0.15) is 0 Å². The summed E-state index contributed by atoms with van der Waals surface area (Å²) >= 11 is 0. The first kappa shape index (κ1) is 19.4. The zero-order valence-electron chi connectivity index (χ0n) is 15.3. The summed E-state index contributed by atoms with van der Waals surface area (Å²) in [5, 5.41) is 4.26. The number of aryl methyl sites for hydroxylation is 1. The van der Waals surface area contributed by atoms with Gasteiger partial charge in [-0.05, 0) is 0 Å². The van der Waals surface area contributed by atoms with Crippen LogP contribution in [-0.2, 0) is 13.2 Å². The van der Waals surface area contributed by atoms with E-state index in [4.69, 9.17) is 0 Å². The normalized spacial score (nSPS) is 11.6. The molecule has 0 saturated heterocycles. The molecule has 0 N–H and O–H groups in total. The number of benzene rings is 3. The van der Waals surface area contributed by atoms with E-state index in [1.54, 1.807) is 0 Å². The van der Waals surface area contributed by atoms with Crippen LogP contribution >= 0.6 is 19.7 Å². The van der Waals surface area contributed by atoms with Crippen LogP contribution in [0, 0.1) is 0 Å². The number of halogens is 1. The summed E-state index contributed by atoms with van der Waals surface area (Å²) in [6, 6.07) is 32.9. The molecule has 1 heterocycles. The van der Waals surface area contributed by atoms with Crippen molar-refractivity contribution in [1.29, 1.82) is 0 Å². The molecule has 0 aliphatic heterocycles. The van der Waals surface area contributed by atoms with Crippen molar-refractivity contribution in [2.45, 2.75) is 6.16 Å². The van der Waals surface area contributed by atoms with Gasteiger partial charge in [-0.25, -0.2) is 0 Å². The van der Waals surface area contributed by atoms with Crippen molar-refractivity contribution in [3.8, 4) is 0 Å². The van der Waals surface area contributed by atoms with Crippen LogP contribution in [0.1, 0.15) is 5.69 Å². The Morgan fingerprint density at radius 1 is 0.704 bits per heavy atom. The van der Waals surface area contributed by atoms with Crippen molar-refractivity contribution in [2.75, 3.05) is 0 Å². The monoisotopic (exact) mass is 394 g/mol. The third-order valence-corrected chi connectivity index (χ3v) is 9.85. The van der Waals surface area contributed by atoms with Gasteiger partial charge in [0.2, 0.25) is 0 Å². The van der Waals surface area contributed by atoms with Gasteiger partial charge in [0, 0.05) is 0 Å². The van der Waals surface area contributed by atoms with Crippen molar-refractivity contribution in [1.82, 2.24) is 9.55 Å². The Morgan fingerprint density at radius 3 is 1.44 bits per heavy atom. The average Bonchev–Trinajstić information content (AvgIpc) is 3.13. The molecular formula is C23H24ClN2P. The van der Waals surface area contributed by atoms with Gasteiger partial charge in [-0.15, -0.1) is 12.4 Å². The van der Waals surface area contributed by atoms with Gasteiger partial charge in [-0.2, -0.15) is 0 Å². The zero-order chi connectivity index (χ0) is 17.8. The molecule has 0 radical (unpaired) electrons. The van der Waals surface area contributed by atoms with Crippen LogP contribution in [0.3, 0.4) is 0 Å². The Morgan fingerprint density at radius 2 is 1.11 bits per heavy atom. The second-order valence-corrected chi connectivity index (χ2v) is 10.6. The van der Waals surface area contributed by atoms with E-state index in [1.165, 1.54) is 15.9 Å². The molecule has 0 bridgehead atoms. The fourth-order valence-electron chi connectivity index (χ4n) is 3.80. The Bertz CT molecular complexity index is 872. The number of nitrogens with zero attached hydrogens (tertiary/aromatic N) is 2. The van der Waals surface area contributed by atoms with Crippen LogP contribution in [0.4, 0.5) is 0 Å². The van der Waals surface area contributed by atoms with E-state index >= 15 is 0 Å². The summed E-state index contributed by atoms with van der Waals surface area (Å²) in [5.41, 5.74) is 1.15. The topological polar surface area (TPSA) is 17.8 Å². The van der Waals surface area contributed by atoms with Crippen LogP contribution in [0.2, 0.25) is 0 Å². The Labute approximate surface area is 167 Å². The molecule has 4 heteroatoms. The summed E-state index contributed by atoms with van der Waals surface area (Å²) in [4.78, 5) is 4.67. The molecule has 0 unspecified atom stereocenters. The second-order valence-electron chi connectivity index (χ2n) is 6.71. The molecule has 27 heavy (non-hydrogen) atoms. The van der Waals surface area contributed by atoms with E-state index in [2.05, 4.69) is 102 Å². The quantitative estimate of drug-likeness (QED) is 0.466. The number of hydrogen-bond acceptors (Lipinski definition) is 1. The van der Waals surface area contributed by atoms with Gasteiger partial charge in [0.15, 0.2) is 0 Å². The number of rotatable bonds is 5. The molecule has 4 aromatic rings. The van der Waals surface area contributed by atoms with Crippen molar-refractivity contribution in [3.05, 3.63) is 109 Å². The first-order valence-electron chi connectivity index (χ1n) is 8.92. The van der Waals surface area contributed by atoms with E-state index in [-0.39, 0.29) is 12.4 Å². The first-order valence-corrected chi connectivity index (χ1v) is 11.1. The maximum atomic E-state index is 4.67. The zero-order valence-corrected chi connectivity index (χ0v) is 17.1. The van der Waals surface area contributed by atoms with E-state index < -0.39 is 7.26 Å². The van der Waals surface area contributed by atoms with Crippen LogP contribution in [0.15, 0.2) is 104 Å². The Hall–Kier alpha value is -2.41. The molecule has 0 aliphatic rings. The molecule has 0 amide bonds. The summed E-state index contributed by atoms with van der Waals surface area (Å²) in [6.45, 7) is 0. The molecule has 0 aliphatic carbocycles. The Balaban J connectivity index is 0.00000210.